The lowest BCUT2D eigenvalue weighted by Crippen LogP contribution is -2.27. The van der Waals surface area contributed by atoms with Crippen molar-refractivity contribution >= 4 is 23.4 Å². The van der Waals surface area contributed by atoms with Gasteiger partial charge < -0.3 is 4.74 Å². The normalized spacial score (nSPS) is 24.5. The van der Waals surface area contributed by atoms with Crippen molar-refractivity contribution in [2.75, 3.05) is 7.11 Å². The van der Waals surface area contributed by atoms with E-state index in [4.69, 9.17) is 0 Å². The zero-order chi connectivity index (χ0) is 11.0. The number of esters is 1. The largest absolute Gasteiger partial charge is 0.468 e. The first kappa shape index (κ1) is 9.76. The third-order valence-electron chi connectivity index (χ3n) is 2.50. The van der Waals surface area contributed by atoms with E-state index in [1.54, 1.807) is 0 Å². The van der Waals surface area contributed by atoms with E-state index in [1.807, 2.05) is 0 Å². The van der Waals surface area contributed by atoms with Crippen LogP contribution in [0.2, 0.25) is 0 Å². The van der Waals surface area contributed by atoms with Gasteiger partial charge in [0.25, 0.3) is 5.91 Å². The van der Waals surface area contributed by atoms with Crippen molar-refractivity contribution < 1.29 is 19.1 Å². The van der Waals surface area contributed by atoms with Crippen LogP contribution in [0.15, 0.2) is 16.6 Å². The van der Waals surface area contributed by atoms with Crippen LogP contribution in [0.4, 0.5) is 0 Å². The van der Waals surface area contributed by atoms with Crippen molar-refractivity contribution in [3.8, 4) is 0 Å². The molecule has 1 amide bonds. The minimum atomic E-state index is -1.05. The molecular formula is C10H9NO4. The van der Waals surface area contributed by atoms with Crippen LogP contribution in [0.25, 0.3) is 0 Å². The number of hydrogen-bond donors (Lipinski definition) is 0. The molecule has 1 saturated carbocycles. The van der Waals surface area contributed by atoms with Gasteiger partial charge in [0.15, 0.2) is 11.7 Å². The first-order valence-corrected chi connectivity index (χ1v) is 4.58. The zero-order valence-electron chi connectivity index (χ0n) is 8.15. The van der Waals surface area contributed by atoms with Gasteiger partial charge in [-0.15, -0.1) is 0 Å². The Morgan fingerprint density at radius 3 is 2.87 bits per heavy atom. The number of dihydropyridines is 1. The Bertz CT molecular complexity index is 419. The maximum absolute atomic E-state index is 11.4. The summed E-state index contributed by atoms with van der Waals surface area (Å²) in [5, 5.41) is 0. The van der Waals surface area contributed by atoms with Crippen LogP contribution in [-0.2, 0) is 19.1 Å². The van der Waals surface area contributed by atoms with Gasteiger partial charge in [0.2, 0.25) is 0 Å². The molecule has 0 aromatic heterocycles. The average Bonchev–Trinajstić information content (AvgIpc) is 2.58. The van der Waals surface area contributed by atoms with E-state index in [0.29, 0.717) is 24.1 Å². The number of ether oxygens (including phenoxy) is 1. The highest BCUT2D eigenvalue weighted by Gasteiger charge is 2.35. The smallest absolute Gasteiger partial charge is 0.322 e. The molecule has 0 saturated heterocycles. The van der Waals surface area contributed by atoms with Crippen LogP contribution < -0.4 is 0 Å². The van der Waals surface area contributed by atoms with E-state index >= 15 is 0 Å². The number of carbonyl (C=O) groups is 3. The summed E-state index contributed by atoms with van der Waals surface area (Å²) in [6.07, 6.45) is 2.22. The SMILES string of the molecule is COC(=O)C1C=C2C(=O)CCC2=NC1=O. The molecule has 1 heterocycles. The Hall–Kier alpha value is -1.78. The molecule has 78 valence electrons. The Balaban J connectivity index is 2.36. The highest BCUT2D eigenvalue weighted by atomic mass is 16.5. The van der Waals surface area contributed by atoms with Crippen molar-refractivity contribution in [1.29, 1.82) is 0 Å². The predicted molar refractivity (Wildman–Crippen MR) is 50.3 cm³/mol. The van der Waals surface area contributed by atoms with Crippen LogP contribution in [0.3, 0.4) is 0 Å². The van der Waals surface area contributed by atoms with Crippen molar-refractivity contribution in [2.45, 2.75) is 12.8 Å². The standard InChI is InChI=1S/C10H9NO4/c1-15-10(14)6-4-5-7(11-9(6)13)2-3-8(5)12/h4,6H,2-3H2,1H3. The summed E-state index contributed by atoms with van der Waals surface area (Å²) in [6, 6.07) is 0. The number of fused-ring (bicyclic) bond motifs is 1. The summed E-state index contributed by atoms with van der Waals surface area (Å²) < 4.78 is 4.46. The minimum absolute atomic E-state index is 0.0600. The van der Waals surface area contributed by atoms with E-state index in [0.717, 1.165) is 0 Å². The van der Waals surface area contributed by atoms with E-state index in [-0.39, 0.29) is 5.78 Å². The van der Waals surface area contributed by atoms with Crippen molar-refractivity contribution in [3.05, 3.63) is 11.6 Å². The lowest BCUT2D eigenvalue weighted by molar-refractivity contribution is -0.147. The first-order valence-electron chi connectivity index (χ1n) is 4.58. The fourth-order valence-corrected chi connectivity index (χ4v) is 1.70. The molecule has 0 radical (unpaired) electrons. The zero-order valence-corrected chi connectivity index (χ0v) is 8.15. The number of hydrogen-bond acceptors (Lipinski definition) is 4. The fraction of sp³-hybridized carbons (Fsp3) is 0.400. The van der Waals surface area contributed by atoms with Gasteiger partial charge >= 0.3 is 5.97 Å². The Kier molecular flexibility index (Phi) is 2.22. The summed E-state index contributed by atoms with van der Waals surface area (Å²) in [6.45, 7) is 0. The van der Waals surface area contributed by atoms with Gasteiger partial charge in [-0.05, 0) is 12.5 Å². The molecule has 0 N–H and O–H groups in total. The van der Waals surface area contributed by atoms with E-state index in [1.165, 1.54) is 13.2 Å². The van der Waals surface area contributed by atoms with Gasteiger partial charge in [-0.25, -0.2) is 4.99 Å². The second-order valence-electron chi connectivity index (χ2n) is 3.40. The highest BCUT2D eigenvalue weighted by Crippen LogP contribution is 2.25. The number of aliphatic imine (C=N–C) groups is 1. The second kappa shape index (κ2) is 3.42. The summed E-state index contributed by atoms with van der Waals surface area (Å²) in [5.41, 5.74) is 0.912. The molecule has 1 aliphatic heterocycles. The molecule has 5 heteroatoms. The second-order valence-corrected chi connectivity index (χ2v) is 3.40. The van der Waals surface area contributed by atoms with Gasteiger partial charge in [-0.2, -0.15) is 0 Å². The van der Waals surface area contributed by atoms with Gasteiger partial charge in [0.1, 0.15) is 0 Å². The molecule has 0 aromatic carbocycles. The van der Waals surface area contributed by atoms with Gasteiger partial charge in [0.05, 0.1) is 12.8 Å². The topological polar surface area (TPSA) is 72.8 Å². The van der Waals surface area contributed by atoms with E-state index in [9.17, 15) is 14.4 Å². The number of rotatable bonds is 1. The van der Waals surface area contributed by atoms with Crippen LogP contribution in [0.1, 0.15) is 12.8 Å². The average molecular weight is 207 g/mol. The number of ketones is 1. The van der Waals surface area contributed by atoms with Crippen LogP contribution in [0, 0.1) is 5.92 Å². The molecular weight excluding hydrogens is 198 g/mol. The molecule has 5 nitrogen and oxygen atoms in total. The summed E-state index contributed by atoms with van der Waals surface area (Å²) in [4.78, 5) is 37.7. The Morgan fingerprint density at radius 2 is 2.20 bits per heavy atom. The lowest BCUT2D eigenvalue weighted by Gasteiger charge is -2.12. The molecule has 0 spiro atoms. The lowest BCUT2D eigenvalue weighted by atomic mass is 9.99. The van der Waals surface area contributed by atoms with Crippen molar-refractivity contribution in [3.63, 3.8) is 0 Å². The quantitative estimate of drug-likeness (QED) is 0.449. The maximum atomic E-state index is 11.4. The maximum Gasteiger partial charge on any atom is 0.322 e. The van der Waals surface area contributed by atoms with Crippen LogP contribution >= 0.6 is 0 Å². The molecule has 0 aromatic rings. The molecule has 0 bridgehead atoms. The number of allylic oxidation sites excluding steroid dienone is 1. The molecule has 2 aliphatic rings. The summed E-state index contributed by atoms with van der Waals surface area (Å²) in [7, 11) is 1.20. The van der Waals surface area contributed by atoms with E-state index in [2.05, 4.69) is 9.73 Å². The molecule has 1 fully saturated rings. The van der Waals surface area contributed by atoms with E-state index < -0.39 is 17.8 Å². The van der Waals surface area contributed by atoms with Crippen LogP contribution in [-0.4, -0.2) is 30.5 Å². The Labute approximate surface area is 85.8 Å². The number of nitrogens with zero attached hydrogens (tertiary/aromatic N) is 1. The molecule has 1 atom stereocenters. The van der Waals surface area contributed by atoms with Crippen LogP contribution in [0.5, 0.6) is 0 Å². The minimum Gasteiger partial charge on any atom is -0.468 e. The monoisotopic (exact) mass is 207 g/mol. The third-order valence-corrected chi connectivity index (χ3v) is 2.50. The first-order chi connectivity index (χ1) is 7.13. The fourth-order valence-electron chi connectivity index (χ4n) is 1.70. The number of Topliss-reactive ketones (excluding diaryl/α,β-unsaturated/α-hetero) is 1. The number of amides is 1. The highest BCUT2D eigenvalue weighted by molar-refractivity contribution is 6.31. The van der Waals surface area contributed by atoms with Crippen molar-refractivity contribution in [1.82, 2.24) is 0 Å². The Morgan fingerprint density at radius 1 is 1.47 bits per heavy atom. The van der Waals surface area contributed by atoms with Gasteiger partial charge in [0, 0.05) is 12.0 Å². The number of methoxy groups -OCH3 is 1. The molecule has 1 unspecified atom stereocenters. The van der Waals surface area contributed by atoms with Crippen molar-refractivity contribution in [2.24, 2.45) is 10.9 Å². The molecule has 1 aliphatic carbocycles. The molecule has 2 rings (SSSR count). The number of carbonyl (C=O) groups excluding carboxylic acids is 3. The third kappa shape index (κ3) is 1.49. The van der Waals surface area contributed by atoms with Gasteiger partial charge in [-0.3, -0.25) is 14.4 Å². The van der Waals surface area contributed by atoms with Gasteiger partial charge in [-0.1, -0.05) is 0 Å². The molecule has 15 heavy (non-hydrogen) atoms. The summed E-state index contributed by atoms with van der Waals surface area (Å²) in [5.74, 6) is -2.32. The summed E-state index contributed by atoms with van der Waals surface area (Å²) >= 11 is 0. The predicted octanol–water partition coefficient (Wildman–Crippen LogP) is 0.0461.